The Morgan fingerprint density at radius 2 is 2.10 bits per heavy atom. The molecule has 0 N–H and O–H groups in total. The zero-order valence-electron chi connectivity index (χ0n) is 11.5. The number of ether oxygens (including phenoxy) is 1. The van der Waals surface area contributed by atoms with Gasteiger partial charge in [-0.1, -0.05) is 19.1 Å². The van der Waals surface area contributed by atoms with Crippen molar-refractivity contribution in [3.05, 3.63) is 30.1 Å². The number of amides is 1. The van der Waals surface area contributed by atoms with E-state index in [1.165, 1.54) is 18.2 Å². The molecule has 0 radical (unpaired) electrons. The summed E-state index contributed by atoms with van der Waals surface area (Å²) >= 11 is 0. The Balaban J connectivity index is 2.10. The molecule has 20 heavy (non-hydrogen) atoms. The van der Waals surface area contributed by atoms with Crippen LogP contribution in [0.5, 0.6) is 5.75 Å². The molecule has 0 saturated carbocycles. The first-order valence-electron chi connectivity index (χ1n) is 6.89. The van der Waals surface area contributed by atoms with Gasteiger partial charge in [0.25, 0.3) is 0 Å². The van der Waals surface area contributed by atoms with Gasteiger partial charge in [-0.25, -0.2) is 9.18 Å². The molecule has 1 unspecified atom stereocenters. The second-order valence-electron chi connectivity index (χ2n) is 4.80. The first-order valence-corrected chi connectivity index (χ1v) is 6.89. The van der Waals surface area contributed by atoms with Gasteiger partial charge >= 0.3 is 5.97 Å². The predicted molar refractivity (Wildman–Crippen MR) is 71.7 cm³/mol. The third kappa shape index (κ3) is 3.15. The Labute approximate surface area is 117 Å². The van der Waals surface area contributed by atoms with Crippen molar-refractivity contribution in [3.8, 4) is 5.75 Å². The molecule has 1 atom stereocenters. The number of halogens is 1. The Kier molecular flexibility index (Phi) is 4.71. The highest BCUT2D eigenvalue weighted by Gasteiger charge is 2.33. The molecule has 0 aliphatic carbocycles. The van der Waals surface area contributed by atoms with Gasteiger partial charge < -0.3 is 9.64 Å². The number of likely N-dealkylation sites (tertiary alicyclic amines) is 1. The number of nitrogens with zero attached hydrogens (tertiary/aromatic N) is 1. The molecule has 1 fully saturated rings. The highest BCUT2D eigenvalue weighted by molar-refractivity contribution is 5.85. The van der Waals surface area contributed by atoms with Crippen LogP contribution >= 0.6 is 0 Å². The summed E-state index contributed by atoms with van der Waals surface area (Å²) in [6, 6.07) is 5.16. The summed E-state index contributed by atoms with van der Waals surface area (Å²) in [5.74, 6) is -1.30. The molecular weight excluding hydrogens is 261 g/mol. The van der Waals surface area contributed by atoms with E-state index in [1.54, 1.807) is 17.9 Å². The third-order valence-electron chi connectivity index (χ3n) is 3.44. The van der Waals surface area contributed by atoms with E-state index in [1.807, 2.05) is 0 Å². The maximum atomic E-state index is 13.5. The van der Waals surface area contributed by atoms with E-state index in [9.17, 15) is 14.0 Å². The number of para-hydroxylation sites is 1. The van der Waals surface area contributed by atoms with Crippen LogP contribution in [0.25, 0.3) is 0 Å². The van der Waals surface area contributed by atoms with Crippen molar-refractivity contribution >= 4 is 11.9 Å². The van der Waals surface area contributed by atoms with Gasteiger partial charge in [0.1, 0.15) is 6.04 Å². The normalized spacial score (nSPS) is 18.7. The van der Waals surface area contributed by atoms with Crippen molar-refractivity contribution in [1.29, 1.82) is 0 Å². The number of carbonyl (C=O) groups is 2. The van der Waals surface area contributed by atoms with Gasteiger partial charge in [-0.3, -0.25) is 4.79 Å². The van der Waals surface area contributed by atoms with Gasteiger partial charge in [0, 0.05) is 13.0 Å². The van der Waals surface area contributed by atoms with Crippen LogP contribution in [0.3, 0.4) is 0 Å². The van der Waals surface area contributed by atoms with Gasteiger partial charge in [0.2, 0.25) is 5.91 Å². The van der Waals surface area contributed by atoms with E-state index in [0.717, 1.165) is 12.8 Å². The smallest absolute Gasteiger partial charge is 0.334 e. The molecule has 2 rings (SSSR count). The number of piperidine rings is 1. The van der Waals surface area contributed by atoms with Crippen LogP contribution in [0.2, 0.25) is 0 Å². The van der Waals surface area contributed by atoms with E-state index in [4.69, 9.17) is 4.74 Å². The number of benzene rings is 1. The average molecular weight is 279 g/mol. The van der Waals surface area contributed by atoms with Gasteiger partial charge in [-0.05, 0) is 31.4 Å². The second kappa shape index (κ2) is 6.50. The minimum absolute atomic E-state index is 0.0693. The minimum atomic E-state index is -0.601. The number of hydrogen-bond donors (Lipinski definition) is 0. The summed E-state index contributed by atoms with van der Waals surface area (Å²) < 4.78 is 18.6. The van der Waals surface area contributed by atoms with E-state index in [-0.39, 0.29) is 11.7 Å². The van der Waals surface area contributed by atoms with E-state index in [0.29, 0.717) is 19.4 Å². The monoisotopic (exact) mass is 279 g/mol. The maximum Gasteiger partial charge on any atom is 0.334 e. The lowest BCUT2D eigenvalue weighted by Crippen LogP contribution is -2.49. The Hall–Kier alpha value is -1.91. The predicted octanol–water partition coefficient (Wildman–Crippen LogP) is 2.52. The fraction of sp³-hybridized carbons (Fsp3) is 0.467. The lowest BCUT2D eigenvalue weighted by Gasteiger charge is -2.33. The summed E-state index contributed by atoms with van der Waals surface area (Å²) in [7, 11) is 0. The molecule has 0 bridgehead atoms. The molecule has 5 heteroatoms. The maximum absolute atomic E-state index is 13.5. The summed E-state index contributed by atoms with van der Waals surface area (Å²) in [6.07, 6.45) is 2.67. The largest absolute Gasteiger partial charge is 0.422 e. The highest BCUT2D eigenvalue weighted by atomic mass is 19.1. The molecule has 1 amide bonds. The van der Waals surface area contributed by atoms with E-state index >= 15 is 0 Å². The van der Waals surface area contributed by atoms with E-state index < -0.39 is 17.8 Å². The van der Waals surface area contributed by atoms with Gasteiger partial charge in [-0.2, -0.15) is 0 Å². The Bertz CT molecular complexity index is 504. The minimum Gasteiger partial charge on any atom is -0.422 e. The Morgan fingerprint density at radius 1 is 1.35 bits per heavy atom. The van der Waals surface area contributed by atoms with Gasteiger partial charge in [0.05, 0.1) is 0 Å². The number of rotatable bonds is 3. The van der Waals surface area contributed by atoms with Crippen molar-refractivity contribution in [2.45, 2.75) is 38.6 Å². The first kappa shape index (κ1) is 14.5. The highest BCUT2D eigenvalue weighted by Crippen LogP contribution is 2.22. The third-order valence-corrected chi connectivity index (χ3v) is 3.44. The summed E-state index contributed by atoms with van der Waals surface area (Å²) in [6.45, 7) is 2.32. The standard InChI is InChI=1S/C15H18FNO3/c1-2-14(18)17-10-6-5-8-12(17)15(19)20-13-9-4-3-7-11(13)16/h3-4,7,9,12H,2,5-6,8,10H2,1H3. The van der Waals surface area contributed by atoms with Crippen LogP contribution in [0, 0.1) is 5.82 Å². The van der Waals surface area contributed by atoms with Gasteiger partial charge in [0.15, 0.2) is 11.6 Å². The van der Waals surface area contributed by atoms with Crippen LogP contribution in [-0.4, -0.2) is 29.4 Å². The molecule has 1 aliphatic heterocycles. The molecular formula is C15H18FNO3. The number of esters is 1. The van der Waals surface area contributed by atoms with Crippen LogP contribution in [0.15, 0.2) is 24.3 Å². The lowest BCUT2D eigenvalue weighted by atomic mass is 10.0. The number of hydrogen-bond acceptors (Lipinski definition) is 3. The van der Waals surface area contributed by atoms with Crippen molar-refractivity contribution in [2.24, 2.45) is 0 Å². The summed E-state index contributed by atoms with van der Waals surface area (Å²) in [5, 5.41) is 0. The van der Waals surface area contributed by atoms with Crippen molar-refractivity contribution < 1.29 is 18.7 Å². The molecule has 0 aromatic heterocycles. The van der Waals surface area contributed by atoms with Crippen LogP contribution in [-0.2, 0) is 9.59 Å². The molecule has 1 heterocycles. The van der Waals surface area contributed by atoms with Crippen molar-refractivity contribution in [2.75, 3.05) is 6.54 Å². The van der Waals surface area contributed by atoms with Crippen molar-refractivity contribution in [3.63, 3.8) is 0 Å². The molecule has 0 spiro atoms. The topological polar surface area (TPSA) is 46.6 Å². The van der Waals surface area contributed by atoms with Crippen LogP contribution < -0.4 is 4.74 Å². The molecule has 1 aliphatic rings. The second-order valence-corrected chi connectivity index (χ2v) is 4.80. The van der Waals surface area contributed by atoms with Crippen LogP contribution in [0.4, 0.5) is 4.39 Å². The lowest BCUT2D eigenvalue weighted by molar-refractivity contribution is -0.150. The molecule has 108 valence electrons. The first-order chi connectivity index (χ1) is 9.63. The van der Waals surface area contributed by atoms with Crippen LogP contribution in [0.1, 0.15) is 32.6 Å². The van der Waals surface area contributed by atoms with E-state index in [2.05, 4.69) is 0 Å². The SMILES string of the molecule is CCC(=O)N1CCCCC1C(=O)Oc1ccccc1F. The number of carbonyl (C=O) groups excluding carboxylic acids is 2. The quantitative estimate of drug-likeness (QED) is 0.631. The summed E-state index contributed by atoms with van der Waals surface area (Å²) in [4.78, 5) is 25.6. The zero-order chi connectivity index (χ0) is 14.5. The van der Waals surface area contributed by atoms with Gasteiger partial charge in [-0.15, -0.1) is 0 Å². The molecule has 4 nitrogen and oxygen atoms in total. The fourth-order valence-corrected chi connectivity index (χ4v) is 2.38. The molecule has 1 saturated heterocycles. The Morgan fingerprint density at radius 3 is 2.80 bits per heavy atom. The average Bonchev–Trinajstić information content (AvgIpc) is 2.48. The summed E-state index contributed by atoms with van der Waals surface area (Å²) in [5.41, 5.74) is 0. The van der Waals surface area contributed by atoms with Crippen molar-refractivity contribution in [1.82, 2.24) is 4.90 Å². The molecule has 1 aromatic carbocycles. The zero-order valence-corrected chi connectivity index (χ0v) is 11.5. The molecule has 1 aromatic rings. The fourth-order valence-electron chi connectivity index (χ4n) is 2.38.